The SMILES string of the molecule is CC[C@@H](O)C[C@H]1CC[C@H]([C@@H](C)C(=O)O[C@@H](C)C[C@@H]2CC[C@H]([C@@H](C)C(=O)O[C@@H](C)C[C@@H]3CC[C@H]([C@@H](C)C(=O)O)O3)O2)O1. The van der Waals surface area contributed by atoms with Gasteiger partial charge in [-0.3, -0.25) is 14.4 Å². The van der Waals surface area contributed by atoms with Crippen LogP contribution in [0.2, 0.25) is 0 Å². The van der Waals surface area contributed by atoms with Crippen molar-refractivity contribution in [1.82, 2.24) is 0 Å². The van der Waals surface area contributed by atoms with Crippen LogP contribution < -0.4 is 0 Å². The Morgan fingerprint density at radius 3 is 1.39 bits per heavy atom. The number of aliphatic hydroxyl groups excluding tert-OH is 1. The monoisotopic (exact) mass is 584 g/mol. The number of hydrogen-bond donors (Lipinski definition) is 2. The fourth-order valence-electron chi connectivity index (χ4n) is 6.20. The third-order valence-electron chi connectivity index (χ3n) is 9.06. The zero-order chi connectivity index (χ0) is 30.3. The molecule has 10 nitrogen and oxygen atoms in total. The largest absolute Gasteiger partial charge is 0.481 e. The Morgan fingerprint density at radius 2 is 1.02 bits per heavy atom. The zero-order valence-electron chi connectivity index (χ0n) is 25.7. The standard InChI is InChI=1S/C31H52O10/c1-7-22(32)16-25-10-13-28(41-25)21(6)31(36)38-18(3)15-24-9-12-27(40-24)20(5)30(35)37-17(2)14-23-8-11-26(39-23)19(4)29(33)34/h17-28,32H,7-16H2,1-6H3,(H,33,34)/t17-,18-,19+,20+,21+,22+,23-,24-,25+,26+,27+,28+/m0/s1. The molecule has 3 aliphatic rings. The number of carbonyl (C=O) groups excluding carboxylic acids is 2. The van der Waals surface area contributed by atoms with E-state index in [0.29, 0.717) is 32.1 Å². The molecule has 10 heteroatoms. The van der Waals surface area contributed by atoms with Crippen molar-refractivity contribution < 1.29 is 48.3 Å². The van der Waals surface area contributed by atoms with Crippen LogP contribution >= 0.6 is 0 Å². The molecule has 0 spiro atoms. The van der Waals surface area contributed by atoms with Crippen molar-refractivity contribution in [3.8, 4) is 0 Å². The first-order valence-corrected chi connectivity index (χ1v) is 15.7. The minimum Gasteiger partial charge on any atom is -0.481 e. The average Bonchev–Trinajstić information content (AvgIpc) is 3.68. The van der Waals surface area contributed by atoms with E-state index in [1.165, 1.54) is 0 Å². The molecule has 0 unspecified atom stereocenters. The highest BCUT2D eigenvalue weighted by Gasteiger charge is 2.38. The molecule has 3 fully saturated rings. The van der Waals surface area contributed by atoms with Crippen LogP contribution in [0.4, 0.5) is 0 Å². The maximum Gasteiger partial charge on any atom is 0.311 e. The molecule has 12 atom stereocenters. The molecule has 0 aromatic carbocycles. The number of carbonyl (C=O) groups is 3. The predicted molar refractivity (Wildman–Crippen MR) is 150 cm³/mol. The quantitative estimate of drug-likeness (QED) is 0.266. The number of esters is 2. The highest BCUT2D eigenvalue weighted by Crippen LogP contribution is 2.32. The van der Waals surface area contributed by atoms with Crippen LogP contribution in [0.25, 0.3) is 0 Å². The molecule has 236 valence electrons. The molecule has 0 radical (unpaired) electrons. The molecule has 0 saturated carbocycles. The van der Waals surface area contributed by atoms with Crippen molar-refractivity contribution in [2.24, 2.45) is 17.8 Å². The minimum atomic E-state index is -0.863. The molecule has 3 heterocycles. The molecule has 0 bridgehead atoms. The van der Waals surface area contributed by atoms with Crippen LogP contribution in [-0.2, 0) is 38.1 Å². The number of hydrogen-bond acceptors (Lipinski definition) is 9. The maximum atomic E-state index is 12.8. The van der Waals surface area contributed by atoms with Crippen LogP contribution in [0, 0.1) is 17.8 Å². The van der Waals surface area contributed by atoms with E-state index in [1.807, 2.05) is 34.6 Å². The molecule has 0 aliphatic carbocycles. The number of aliphatic hydroxyl groups is 1. The summed E-state index contributed by atoms with van der Waals surface area (Å²) in [5.74, 6) is -2.82. The van der Waals surface area contributed by atoms with Gasteiger partial charge in [0.1, 0.15) is 12.2 Å². The molecule has 0 aromatic rings. The summed E-state index contributed by atoms with van der Waals surface area (Å²) >= 11 is 0. The van der Waals surface area contributed by atoms with Gasteiger partial charge in [0.05, 0.1) is 60.5 Å². The Kier molecular flexibility index (Phi) is 12.9. The van der Waals surface area contributed by atoms with Gasteiger partial charge in [-0.05, 0) is 86.0 Å². The van der Waals surface area contributed by atoms with Gasteiger partial charge in [0, 0.05) is 12.8 Å². The smallest absolute Gasteiger partial charge is 0.311 e. The molecule has 2 N–H and O–H groups in total. The Labute approximate surface area is 244 Å². The number of carboxylic acids is 1. The van der Waals surface area contributed by atoms with Gasteiger partial charge in [0.15, 0.2) is 0 Å². The Morgan fingerprint density at radius 1 is 0.659 bits per heavy atom. The second-order valence-corrected chi connectivity index (χ2v) is 12.6. The fourth-order valence-corrected chi connectivity index (χ4v) is 6.20. The maximum absolute atomic E-state index is 12.8. The zero-order valence-corrected chi connectivity index (χ0v) is 25.7. The number of carboxylic acid groups (broad SMARTS) is 1. The highest BCUT2D eigenvalue weighted by molar-refractivity contribution is 5.73. The van der Waals surface area contributed by atoms with Crippen molar-refractivity contribution in [2.75, 3.05) is 0 Å². The lowest BCUT2D eigenvalue weighted by atomic mass is 10.0. The minimum absolute atomic E-state index is 0.0147. The van der Waals surface area contributed by atoms with E-state index in [0.717, 1.165) is 32.1 Å². The van der Waals surface area contributed by atoms with Crippen molar-refractivity contribution in [3.63, 3.8) is 0 Å². The molecule has 0 amide bonds. The second kappa shape index (κ2) is 15.6. The summed E-state index contributed by atoms with van der Waals surface area (Å²) in [6.45, 7) is 11.0. The lowest BCUT2D eigenvalue weighted by Crippen LogP contribution is -2.33. The topological polar surface area (TPSA) is 138 Å². The van der Waals surface area contributed by atoms with Crippen LogP contribution in [0.1, 0.15) is 106 Å². The van der Waals surface area contributed by atoms with Crippen molar-refractivity contribution in [3.05, 3.63) is 0 Å². The molecule has 3 aliphatic heterocycles. The Bertz CT molecular complexity index is 864. The van der Waals surface area contributed by atoms with E-state index >= 15 is 0 Å². The summed E-state index contributed by atoms with van der Waals surface area (Å²) in [7, 11) is 0. The number of rotatable bonds is 15. The van der Waals surface area contributed by atoms with E-state index in [2.05, 4.69) is 0 Å². The second-order valence-electron chi connectivity index (χ2n) is 12.6. The van der Waals surface area contributed by atoms with E-state index in [1.54, 1.807) is 6.92 Å². The van der Waals surface area contributed by atoms with Crippen molar-refractivity contribution in [2.45, 2.75) is 161 Å². The molecular formula is C31H52O10. The van der Waals surface area contributed by atoms with Crippen LogP contribution in [-0.4, -0.2) is 83.1 Å². The van der Waals surface area contributed by atoms with Crippen LogP contribution in [0.5, 0.6) is 0 Å². The van der Waals surface area contributed by atoms with Gasteiger partial charge in [-0.15, -0.1) is 0 Å². The summed E-state index contributed by atoms with van der Waals surface area (Å²) in [5.41, 5.74) is 0. The van der Waals surface area contributed by atoms with Gasteiger partial charge in [0.25, 0.3) is 0 Å². The fraction of sp³-hybridized carbons (Fsp3) is 0.903. The number of aliphatic carboxylic acids is 1. The lowest BCUT2D eigenvalue weighted by molar-refractivity contribution is -0.160. The number of ether oxygens (including phenoxy) is 5. The van der Waals surface area contributed by atoms with E-state index in [-0.39, 0.29) is 72.8 Å². The van der Waals surface area contributed by atoms with Crippen LogP contribution in [0.3, 0.4) is 0 Å². The highest BCUT2D eigenvalue weighted by atomic mass is 16.6. The van der Waals surface area contributed by atoms with Gasteiger partial charge in [-0.2, -0.15) is 0 Å². The van der Waals surface area contributed by atoms with Gasteiger partial charge >= 0.3 is 17.9 Å². The third-order valence-corrected chi connectivity index (χ3v) is 9.06. The Hall–Kier alpha value is -1.75. The van der Waals surface area contributed by atoms with E-state index < -0.39 is 17.8 Å². The summed E-state index contributed by atoms with van der Waals surface area (Å²) in [6.07, 6.45) is 4.92. The summed E-state index contributed by atoms with van der Waals surface area (Å²) < 4.78 is 29.5. The molecule has 3 saturated heterocycles. The van der Waals surface area contributed by atoms with E-state index in [9.17, 15) is 24.6 Å². The summed E-state index contributed by atoms with van der Waals surface area (Å²) in [5, 5.41) is 19.1. The lowest BCUT2D eigenvalue weighted by Gasteiger charge is -2.25. The van der Waals surface area contributed by atoms with Crippen LogP contribution in [0.15, 0.2) is 0 Å². The summed E-state index contributed by atoms with van der Waals surface area (Å²) in [6, 6.07) is 0. The molecule has 0 aromatic heterocycles. The van der Waals surface area contributed by atoms with Gasteiger partial charge in [-0.25, -0.2) is 0 Å². The van der Waals surface area contributed by atoms with Gasteiger partial charge < -0.3 is 33.9 Å². The van der Waals surface area contributed by atoms with Crippen molar-refractivity contribution in [1.29, 1.82) is 0 Å². The van der Waals surface area contributed by atoms with Gasteiger partial charge in [0.2, 0.25) is 0 Å². The molecular weight excluding hydrogens is 532 g/mol. The first-order valence-electron chi connectivity index (χ1n) is 15.7. The summed E-state index contributed by atoms with van der Waals surface area (Å²) in [4.78, 5) is 36.8. The molecule has 41 heavy (non-hydrogen) atoms. The third kappa shape index (κ3) is 9.90. The average molecular weight is 585 g/mol. The predicted octanol–water partition coefficient (Wildman–Crippen LogP) is 4.43. The van der Waals surface area contributed by atoms with Gasteiger partial charge in [-0.1, -0.05) is 6.92 Å². The first-order chi connectivity index (χ1) is 19.4. The van der Waals surface area contributed by atoms with Crippen molar-refractivity contribution >= 4 is 17.9 Å². The van der Waals surface area contributed by atoms with E-state index in [4.69, 9.17) is 23.7 Å². The molecule has 3 rings (SSSR count). The Balaban J connectivity index is 1.35. The first kappa shape index (κ1) is 33.7. The normalized spacial score (nSPS) is 32.6.